The SMILES string of the molecule is CCOC(=O)C(=O)c1ccccc1.Clc1cccc(Cl)c1. The van der Waals surface area contributed by atoms with E-state index in [4.69, 9.17) is 23.2 Å². The Morgan fingerprint density at radius 3 is 1.95 bits per heavy atom. The molecule has 0 aliphatic heterocycles. The molecule has 0 amide bonds. The summed E-state index contributed by atoms with van der Waals surface area (Å²) in [7, 11) is 0. The van der Waals surface area contributed by atoms with E-state index in [2.05, 4.69) is 4.74 Å². The first-order valence-electron chi connectivity index (χ1n) is 6.22. The summed E-state index contributed by atoms with van der Waals surface area (Å²) in [5, 5.41) is 1.36. The van der Waals surface area contributed by atoms with Crippen molar-refractivity contribution in [3.8, 4) is 0 Å². The number of carbonyl (C=O) groups excluding carboxylic acids is 2. The molecule has 0 spiro atoms. The van der Waals surface area contributed by atoms with Crippen LogP contribution in [0.15, 0.2) is 54.6 Å². The van der Waals surface area contributed by atoms with Gasteiger partial charge in [-0.1, -0.05) is 59.6 Å². The fourth-order valence-corrected chi connectivity index (χ4v) is 1.80. The van der Waals surface area contributed by atoms with Crippen molar-refractivity contribution in [2.45, 2.75) is 6.92 Å². The van der Waals surface area contributed by atoms with Gasteiger partial charge in [-0.05, 0) is 25.1 Å². The Morgan fingerprint density at radius 2 is 1.52 bits per heavy atom. The van der Waals surface area contributed by atoms with Gasteiger partial charge in [0, 0.05) is 15.6 Å². The molecule has 2 rings (SSSR count). The minimum Gasteiger partial charge on any atom is -0.460 e. The van der Waals surface area contributed by atoms with Gasteiger partial charge < -0.3 is 4.74 Å². The number of ketones is 1. The number of hydrogen-bond donors (Lipinski definition) is 0. The molecule has 0 heterocycles. The van der Waals surface area contributed by atoms with Gasteiger partial charge in [-0.2, -0.15) is 0 Å². The minimum absolute atomic E-state index is 0.220. The third-order valence-electron chi connectivity index (χ3n) is 2.28. The summed E-state index contributed by atoms with van der Waals surface area (Å²) in [5.74, 6) is -1.39. The highest BCUT2D eigenvalue weighted by molar-refractivity contribution is 6.40. The van der Waals surface area contributed by atoms with E-state index in [1.54, 1.807) is 55.5 Å². The molecular weight excluding hydrogens is 311 g/mol. The molecular formula is C16H14Cl2O3. The lowest BCUT2D eigenvalue weighted by atomic mass is 10.1. The predicted molar refractivity (Wildman–Crippen MR) is 83.9 cm³/mol. The van der Waals surface area contributed by atoms with E-state index in [-0.39, 0.29) is 6.61 Å². The van der Waals surface area contributed by atoms with Gasteiger partial charge in [-0.15, -0.1) is 0 Å². The summed E-state index contributed by atoms with van der Waals surface area (Å²) in [6, 6.07) is 15.4. The molecule has 2 aromatic rings. The van der Waals surface area contributed by atoms with Crippen LogP contribution in [0, 0.1) is 0 Å². The highest BCUT2D eigenvalue weighted by atomic mass is 35.5. The molecule has 3 nitrogen and oxygen atoms in total. The second kappa shape index (κ2) is 9.16. The zero-order valence-electron chi connectivity index (χ0n) is 11.4. The maximum atomic E-state index is 11.3. The van der Waals surface area contributed by atoms with Gasteiger partial charge in [0.25, 0.3) is 5.78 Å². The lowest BCUT2D eigenvalue weighted by molar-refractivity contribution is -0.137. The molecule has 0 N–H and O–H groups in total. The number of rotatable bonds is 3. The van der Waals surface area contributed by atoms with Gasteiger partial charge >= 0.3 is 5.97 Å². The van der Waals surface area contributed by atoms with Crippen molar-refractivity contribution in [1.82, 2.24) is 0 Å². The van der Waals surface area contributed by atoms with Gasteiger partial charge in [0.1, 0.15) is 0 Å². The first-order chi connectivity index (χ1) is 10.0. The van der Waals surface area contributed by atoms with Crippen molar-refractivity contribution in [3.05, 3.63) is 70.2 Å². The third kappa shape index (κ3) is 6.43. The van der Waals surface area contributed by atoms with Gasteiger partial charge in [0.15, 0.2) is 0 Å². The fourth-order valence-electron chi connectivity index (χ4n) is 1.36. The minimum atomic E-state index is -0.797. The Balaban J connectivity index is 0.000000235. The first-order valence-corrected chi connectivity index (χ1v) is 6.97. The lowest BCUT2D eigenvalue weighted by Crippen LogP contribution is -2.17. The molecule has 0 bridgehead atoms. The number of hydrogen-bond acceptors (Lipinski definition) is 3. The Hall–Kier alpha value is -1.84. The van der Waals surface area contributed by atoms with E-state index in [9.17, 15) is 9.59 Å². The standard InChI is InChI=1S/C10H10O3.C6H4Cl2/c1-2-13-10(12)9(11)8-6-4-3-5-7-8;7-5-2-1-3-6(8)4-5/h3-7H,2H2,1H3;1-4H. The summed E-state index contributed by atoms with van der Waals surface area (Å²) >= 11 is 11.1. The highest BCUT2D eigenvalue weighted by Crippen LogP contribution is 2.14. The van der Waals surface area contributed by atoms with Crippen LogP contribution in [0.5, 0.6) is 0 Å². The average molecular weight is 325 g/mol. The maximum absolute atomic E-state index is 11.3. The molecule has 0 aliphatic carbocycles. The molecule has 0 atom stereocenters. The van der Waals surface area contributed by atoms with Crippen LogP contribution in [0.4, 0.5) is 0 Å². The molecule has 0 aliphatic rings. The summed E-state index contributed by atoms with van der Waals surface area (Å²) in [4.78, 5) is 22.2. The molecule has 5 heteroatoms. The van der Waals surface area contributed by atoms with Crippen LogP contribution in [0.25, 0.3) is 0 Å². The van der Waals surface area contributed by atoms with Crippen molar-refractivity contribution in [1.29, 1.82) is 0 Å². The summed E-state index contributed by atoms with van der Waals surface area (Å²) in [6.07, 6.45) is 0. The smallest absolute Gasteiger partial charge is 0.379 e. The van der Waals surface area contributed by atoms with Crippen LogP contribution >= 0.6 is 23.2 Å². The summed E-state index contributed by atoms with van der Waals surface area (Å²) < 4.78 is 4.57. The van der Waals surface area contributed by atoms with Crippen LogP contribution in [0.2, 0.25) is 10.0 Å². The molecule has 2 aromatic carbocycles. The second-order valence-electron chi connectivity index (χ2n) is 3.86. The predicted octanol–water partition coefficient (Wildman–Crippen LogP) is 4.43. The van der Waals surface area contributed by atoms with Crippen LogP contribution < -0.4 is 0 Å². The number of esters is 1. The number of Topliss-reactive ketones (excluding diaryl/α,β-unsaturated/α-hetero) is 1. The van der Waals surface area contributed by atoms with Crippen LogP contribution in [0.3, 0.4) is 0 Å². The monoisotopic (exact) mass is 324 g/mol. The average Bonchev–Trinajstić information content (AvgIpc) is 2.48. The van der Waals surface area contributed by atoms with Crippen molar-refractivity contribution >= 4 is 35.0 Å². The number of carbonyl (C=O) groups is 2. The number of halogens is 2. The van der Waals surface area contributed by atoms with E-state index in [1.165, 1.54) is 0 Å². The molecule has 0 saturated carbocycles. The topological polar surface area (TPSA) is 43.4 Å². The molecule has 110 valence electrons. The second-order valence-corrected chi connectivity index (χ2v) is 4.73. The highest BCUT2D eigenvalue weighted by Gasteiger charge is 2.16. The molecule has 0 unspecified atom stereocenters. The molecule has 0 aromatic heterocycles. The van der Waals surface area contributed by atoms with E-state index in [0.717, 1.165) is 0 Å². The number of ether oxygens (including phenoxy) is 1. The Bertz CT molecular complexity index is 580. The normalized spacial score (nSPS) is 9.29. The first kappa shape index (κ1) is 17.2. The van der Waals surface area contributed by atoms with Gasteiger partial charge in [0.2, 0.25) is 0 Å². The summed E-state index contributed by atoms with van der Waals surface area (Å²) in [5.41, 5.74) is 0.362. The van der Waals surface area contributed by atoms with E-state index in [1.807, 2.05) is 6.07 Å². The quantitative estimate of drug-likeness (QED) is 0.476. The number of benzene rings is 2. The zero-order chi connectivity index (χ0) is 15.7. The Labute approximate surface area is 133 Å². The van der Waals surface area contributed by atoms with Gasteiger partial charge in [-0.25, -0.2) is 4.79 Å². The van der Waals surface area contributed by atoms with E-state index in [0.29, 0.717) is 15.6 Å². The Morgan fingerprint density at radius 1 is 0.952 bits per heavy atom. The third-order valence-corrected chi connectivity index (χ3v) is 2.75. The van der Waals surface area contributed by atoms with Crippen LogP contribution in [-0.2, 0) is 9.53 Å². The van der Waals surface area contributed by atoms with Gasteiger partial charge in [-0.3, -0.25) is 4.79 Å². The van der Waals surface area contributed by atoms with Crippen molar-refractivity contribution in [3.63, 3.8) is 0 Å². The fraction of sp³-hybridized carbons (Fsp3) is 0.125. The molecule has 0 radical (unpaired) electrons. The summed E-state index contributed by atoms with van der Waals surface area (Å²) in [6.45, 7) is 1.88. The van der Waals surface area contributed by atoms with Crippen molar-refractivity contribution < 1.29 is 14.3 Å². The largest absolute Gasteiger partial charge is 0.460 e. The van der Waals surface area contributed by atoms with E-state index < -0.39 is 11.8 Å². The van der Waals surface area contributed by atoms with Crippen LogP contribution in [-0.4, -0.2) is 18.4 Å². The van der Waals surface area contributed by atoms with Crippen LogP contribution in [0.1, 0.15) is 17.3 Å². The zero-order valence-corrected chi connectivity index (χ0v) is 12.9. The lowest BCUT2D eigenvalue weighted by Gasteiger charge is -1.99. The van der Waals surface area contributed by atoms with Crippen molar-refractivity contribution in [2.75, 3.05) is 6.61 Å². The van der Waals surface area contributed by atoms with Crippen molar-refractivity contribution in [2.24, 2.45) is 0 Å². The molecule has 21 heavy (non-hydrogen) atoms. The molecule has 0 fully saturated rings. The maximum Gasteiger partial charge on any atom is 0.379 e. The Kier molecular flexibility index (Phi) is 7.51. The molecule has 0 saturated heterocycles. The van der Waals surface area contributed by atoms with E-state index >= 15 is 0 Å². The van der Waals surface area contributed by atoms with Gasteiger partial charge in [0.05, 0.1) is 6.61 Å².